The van der Waals surface area contributed by atoms with Crippen LogP contribution in [0, 0.1) is 6.92 Å². The first-order valence-electron chi connectivity index (χ1n) is 10.2. The minimum atomic E-state index is -0.0279. The molecule has 1 aromatic heterocycles. The summed E-state index contributed by atoms with van der Waals surface area (Å²) < 4.78 is 5.38. The minimum absolute atomic E-state index is 0.00168. The fourth-order valence-electron chi connectivity index (χ4n) is 3.06. The molecule has 158 valence electrons. The number of carbonyl (C=O) groups excluding carboxylic acids is 2. The summed E-state index contributed by atoms with van der Waals surface area (Å²) >= 11 is 1.66. The van der Waals surface area contributed by atoms with E-state index < -0.39 is 0 Å². The molecule has 0 saturated heterocycles. The van der Waals surface area contributed by atoms with Crippen molar-refractivity contribution in [2.45, 2.75) is 46.7 Å². The van der Waals surface area contributed by atoms with Gasteiger partial charge in [0, 0.05) is 37.6 Å². The molecule has 0 unspecified atom stereocenters. The SMILES string of the molecule is CCOCCCN(CC(=O)N(Cc1ccccc1)Cc1sccc1C)C(=O)CC. The molecule has 0 radical (unpaired) electrons. The molecule has 29 heavy (non-hydrogen) atoms. The lowest BCUT2D eigenvalue weighted by atomic mass is 10.2. The summed E-state index contributed by atoms with van der Waals surface area (Å²) in [6, 6.07) is 12.1. The third-order valence-corrected chi connectivity index (χ3v) is 5.78. The van der Waals surface area contributed by atoms with Crippen LogP contribution in [-0.2, 0) is 27.4 Å². The Morgan fingerprint density at radius 1 is 1.00 bits per heavy atom. The Hall–Kier alpha value is -2.18. The Morgan fingerprint density at radius 2 is 1.76 bits per heavy atom. The summed E-state index contributed by atoms with van der Waals surface area (Å²) in [5.41, 5.74) is 2.28. The van der Waals surface area contributed by atoms with Gasteiger partial charge in [0.2, 0.25) is 11.8 Å². The number of ether oxygens (including phenoxy) is 1. The van der Waals surface area contributed by atoms with Crippen LogP contribution in [0.4, 0.5) is 0 Å². The van der Waals surface area contributed by atoms with E-state index in [1.807, 2.05) is 49.1 Å². The zero-order valence-corrected chi connectivity index (χ0v) is 18.5. The number of carbonyl (C=O) groups is 2. The zero-order valence-electron chi connectivity index (χ0n) is 17.7. The quantitative estimate of drug-likeness (QED) is 0.486. The fourth-order valence-corrected chi connectivity index (χ4v) is 3.98. The topological polar surface area (TPSA) is 49.9 Å². The monoisotopic (exact) mass is 416 g/mol. The van der Waals surface area contributed by atoms with Gasteiger partial charge in [0.25, 0.3) is 0 Å². The predicted octanol–water partition coefficient (Wildman–Crippen LogP) is 4.25. The number of benzene rings is 1. The van der Waals surface area contributed by atoms with Crippen LogP contribution in [0.15, 0.2) is 41.8 Å². The maximum Gasteiger partial charge on any atom is 0.242 e. The molecule has 1 heterocycles. The summed E-state index contributed by atoms with van der Waals surface area (Å²) in [6.07, 6.45) is 1.13. The Balaban J connectivity index is 2.10. The molecule has 1 aromatic carbocycles. The average molecular weight is 417 g/mol. The second-order valence-corrected chi connectivity index (χ2v) is 7.98. The van der Waals surface area contributed by atoms with Crippen molar-refractivity contribution in [2.24, 2.45) is 0 Å². The van der Waals surface area contributed by atoms with Crippen molar-refractivity contribution < 1.29 is 14.3 Å². The summed E-state index contributed by atoms with van der Waals surface area (Å²) in [5.74, 6) is -0.0262. The summed E-state index contributed by atoms with van der Waals surface area (Å²) in [7, 11) is 0. The van der Waals surface area contributed by atoms with E-state index >= 15 is 0 Å². The van der Waals surface area contributed by atoms with Crippen molar-refractivity contribution >= 4 is 23.2 Å². The molecule has 2 aromatic rings. The van der Waals surface area contributed by atoms with Gasteiger partial charge < -0.3 is 14.5 Å². The first-order valence-corrected chi connectivity index (χ1v) is 11.1. The van der Waals surface area contributed by atoms with E-state index in [0.29, 0.717) is 39.3 Å². The molecule has 0 aliphatic carbocycles. The Kier molecular flexibility index (Phi) is 9.88. The van der Waals surface area contributed by atoms with Gasteiger partial charge in [0.05, 0.1) is 13.1 Å². The normalized spacial score (nSPS) is 10.7. The number of amides is 2. The highest BCUT2D eigenvalue weighted by Crippen LogP contribution is 2.19. The van der Waals surface area contributed by atoms with E-state index in [4.69, 9.17) is 4.74 Å². The lowest BCUT2D eigenvalue weighted by Gasteiger charge is -2.28. The van der Waals surface area contributed by atoms with Gasteiger partial charge in [-0.3, -0.25) is 9.59 Å². The Labute approximate surface area is 178 Å². The van der Waals surface area contributed by atoms with Crippen molar-refractivity contribution in [3.05, 3.63) is 57.8 Å². The highest BCUT2D eigenvalue weighted by molar-refractivity contribution is 7.10. The lowest BCUT2D eigenvalue weighted by molar-refractivity contribution is -0.141. The molecule has 0 N–H and O–H groups in total. The van der Waals surface area contributed by atoms with E-state index in [0.717, 1.165) is 12.0 Å². The van der Waals surface area contributed by atoms with E-state index in [2.05, 4.69) is 18.4 Å². The molecule has 2 amide bonds. The van der Waals surface area contributed by atoms with Crippen LogP contribution in [0.3, 0.4) is 0 Å². The molecule has 0 fully saturated rings. The number of rotatable bonds is 12. The molecule has 0 bridgehead atoms. The molecule has 0 atom stereocenters. The summed E-state index contributed by atoms with van der Waals surface area (Å²) in [4.78, 5) is 30.3. The van der Waals surface area contributed by atoms with Crippen LogP contribution in [0.5, 0.6) is 0 Å². The molecular weight excluding hydrogens is 384 g/mol. The summed E-state index contributed by atoms with van der Waals surface area (Å²) in [5, 5.41) is 2.05. The Bertz CT molecular complexity index is 760. The first-order chi connectivity index (χ1) is 14.0. The molecule has 6 heteroatoms. The largest absolute Gasteiger partial charge is 0.382 e. The molecule has 0 saturated carbocycles. The third-order valence-electron chi connectivity index (χ3n) is 4.77. The Morgan fingerprint density at radius 3 is 2.38 bits per heavy atom. The van der Waals surface area contributed by atoms with Crippen molar-refractivity contribution in [3.8, 4) is 0 Å². The molecule has 5 nitrogen and oxygen atoms in total. The number of hydrogen-bond donors (Lipinski definition) is 0. The van der Waals surface area contributed by atoms with Gasteiger partial charge in [-0.25, -0.2) is 0 Å². The lowest BCUT2D eigenvalue weighted by Crippen LogP contribution is -2.42. The van der Waals surface area contributed by atoms with Gasteiger partial charge in [-0.15, -0.1) is 11.3 Å². The predicted molar refractivity (Wildman–Crippen MR) is 118 cm³/mol. The van der Waals surface area contributed by atoms with Crippen molar-refractivity contribution in [1.82, 2.24) is 9.80 Å². The van der Waals surface area contributed by atoms with Crippen LogP contribution in [0.1, 0.15) is 42.7 Å². The van der Waals surface area contributed by atoms with Crippen LogP contribution in [-0.4, -0.2) is 47.9 Å². The van der Waals surface area contributed by atoms with Gasteiger partial charge >= 0.3 is 0 Å². The van der Waals surface area contributed by atoms with E-state index in [-0.39, 0.29) is 18.4 Å². The van der Waals surface area contributed by atoms with Gasteiger partial charge in [-0.2, -0.15) is 0 Å². The highest BCUT2D eigenvalue weighted by atomic mass is 32.1. The van der Waals surface area contributed by atoms with E-state index in [1.165, 1.54) is 10.4 Å². The maximum atomic E-state index is 13.2. The standard InChI is InChI=1S/C23H32N2O3S/c1-4-22(26)24(13-9-14-28-5-2)18-23(27)25(16-20-10-7-6-8-11-20)17-21-19(3)12-15-29-21/h6-8,10-12,15H,4-5,9,13-14,16-18H2,1-3H3. The van der Waals surface area contributed by atoms with Crippen molar-refractivity contribution in [1.29, 1.82) is 0 Å². The van der Waals surface area contributed by atoms with Crippen molar-refractivity contribution in [3.63, 3.8) is 0 Å². The van der Waals surface area contributed by atoms with Gasteiger partial charge in [0.15, 0.2) is 0 Å². The number of aryl methyl sites for hydroxylation is 1. The molecule has 0 aliphatic heterocycles. The molecule has 0 spiro atoms. The van der Waals surface area contributed by atoms with Crippen LogP contribution >= 0.6 is 11.3 Å². The van der Waals surface area contributed by atoms with E-state index in [9.17, 15) is 9.59 Å². The van der Waals surface area contributed by atoms with Gasteiger partial charge in [-0.05, 0) is 42.8 Å². The van der Waals surface area contributed by atoms with Crippen LogP contribution < -0.4 is 0 Å². The second kappa shape index (κ2) is 12.4. The highest BCUT2D eigenvalue weighted by Gasteiger charge is 2.21. The van der Waals surface area contributed by atoms with Crippen LogP contribution in [0.25, 0.3) is 0 Å². The maximum absolute atomic E-state index is 13.2. The molecular formula is C23H32N2O3S. The molecule has 2 rings (SSSR count). The second-order valence-electron chi connectivity index (χ2n) is 6.98. The first kappa shape index (κ1) is 23.1. The number of thiophene rings is 1. The average Bonchev–Trinajstić information content (AvgIpc) is 3.14. The van der Waals surface area contributed by atoms with Gasteiger partial charge in [0.1, 0.15) is 0 Å². The molecule has 0 aliphatic rings. The minimum Gasteiger partial charge on any atom is -0.382 e. The third kappa shape index (κ3) is 7.63. The zero-order chi connectivity index (χ0) is 21.1. The van der Waals surface area contributed by atoms with Crippen LogP contribution in [0.2, 0.25) is 0 Å². The number of nitrogens with zero attached hydrogens (tertiary/aromatic N) is 2. The smallest absolute Gasteiger partial charge is 0.242 e. The summed E-state index contributed by atoms with van der Waals surface area (Å²) in [6.45, 7) is 8.84. The van der Waals surface area contributed by atoms with E-state index in [1.54, 1.807) is 16.2 Å². The van der Waals surface area contributed by atoms with Gasteiger partial charge in [-0.1, -0.05) is 37.3 Å². The van der Waals surface area contributed by atoms with Crippen molar-refractivity contribution in [2.75, 3.05) is 26.3 Å². The number of hydrogen-bond acceptors (Lipinski definition) is 4. The fraction of sp³-hybridized carbons (Fsp3) is 0.478.